The van der Waals surface area contributed by atoms with Crippen LogP contribution >= 0.6 is 27.5 Å². The van der Waals surface area contributed by atoms with Gasteiger partial charge in [-0.2, -0.15) is 0 Å². The van der Waals surface area contributed by atoms with Crippen LogP contribution in [-0.4, -0.2) is 57.1 Å². The molecule has 5 nitrogen and oxygen atoms in total. The Morgan fingerprint density at radius 3 is 2.22 bits per heavy atom. The van der Waals surface area contributed by atoms with Gasteiger partial charge in [0.05, 0.1) is 14.2 Å². The van der Waals surface area contributed by atoms with Crippen molar-refractivity contribution in [1.29, 1.82) is 0 Å². The smallest absolute Gasteiger partial charge is 0.254 e. The number of amides is 1. The molecule has 0 bridgehead atoms. The number of rotatable bonds is 8. The van der Waals surface area contributed by atoms with Crippen LogP contribution in [0.3, 0.4) is 0 Å². The van der Waals surface area contributed by atoms with E-state index in [0.29, 0.717) is 39.6 Å². The van der Waals surface area contributed by atoms with Gasteiger partial charge in [0, 0.05) is 30.2 Å². The van der Waals surface area contributed by atoms with Crippen molar-refractivity contribution in [2.24, 2.45) is 0 Å². The highest BCUT2D eigenvalue weighted by Crippen LogP contribution is 2.36. The largest absolute Gasteiger partial charge is 0.495 e. The molecule has 2 aromatic carbocycles. The van der Waals surface area contributed by atoms with Crippen LogP contribution in [0.25, 0.3) is 0 Å². The standard InChI is InChI=1S/C20H24BrClN2O3/c1-23(2)8-9-24(13-14-6-5-7-16(22)10-14)20(25)15-11-17(26-3)19(21)18(12-15)27-4/h5-7,10-12H,8-9,13H2,1-4H3. The van der Waals surface area contributed by atoms with Gasteiger partial charge in [0.25, 0.3) is 5.91 Å². The summed E-state index contributed by atoms with van der Waals surface area (Å²) in [5.41, 5.74) is 1.48. The lowest BCUT2D eigenvalue weighted by molar-refractivity contribution is 0.0731. The first-order chi connectivity index (χ1) is 12.8. The highest BCUT2D eigenvalue weighted by molar-refractivity contribution is 9.10. The minimum atomic E-state index is -0.0964. The third kappa shape index (κ3) is 5.86. The molecule has 0 heterocycles. The highest BCUT2D eigenvalue weighted by Gasteiger charge is 2.20. The molecule has 0 fully saturated rings. The molecule has 0 unspecified atom stereocenters. The third-order valence-corrected chi connectivity index (χ3v) is 5.08. The Bertz CT molecular complexity index is 774. The van der Waals surface area contributed by atoms with E-state index in [2.05, 4.69) is 15.9 Å². The van der Waals surface area contributed by atoms with Crippen LogP contribution < -0.4 is 9.47 Å². The number of carbonyl (C=O) groups is 1. The summed E-state index contributed by atoms with van der Waals surface area (Å²) in [4.78, 5) is 17.1. The molecule has 0 radical (unpaired) electrons. The van der Waals surface area contributed by atoms with Crippen molar-refractivity contribution in [3.05, 3.63) is 57.0 Å². The summed E-state index contributed by atoms with van der Waals surface area (Å²) in [6.45, 7) is 1.80. The normalized spacial score (nSPS) is 10.8. The molecule has 0 saturated heterocycles. The Morgan fingerprint density at radius 1 is 1.07 bits per heavy atom. The molecule has 0 aliphatic heterocycles. The fraction of sp³-hybridized carbons (Fsp3) is 0.350. The zero-order chi connectivity index (χ0) is 20.0. The Labute approximate surface area is 173 Å². The van der Waals surface area contributed by atoms with Crippen LogP contribution in [0.15, 0.2) is 40.9 Å². The van der Waals surface area contributed by atoms with Crippen LogP contribution in [0.1, 0.15) is 15.9 Å². The maximum atomic E-state index is 13.2. The lowest BCUT2D eigenvalue weighted by atomic mass is 10.1. The number of likely N-dealkylation sites (N-methyl/N-ethyl adjacent to an activating group) is 1. The first-order valence-corrected chi connectivity index (χ1v) is 9.62. The maximum absolute atomic E-state index is 13.2. The fourth-order valence-corrected chi connectivity index (χ4v) is 3.37. The van der Waals surface area contributed by atoms with E-state index in [9.17, 15) is 4.79 Å². The van der Waals surface area contributed by atoms with Crippen molar-refractivity contribution in [1.82, 2.24) is 9.80 Å². The lowest BCUT2D eigenvalue weighted by Gasteiger charge is -2.25. The van der Waals surface area contributed by atoms with Gasteiger partial charge in [-0.3, -0.25) is 4.79 Å². The van der Waals surface area contributed by atoms with Crippen molar-refractivity contribution in [2.75, 3.05) is 41.4 Å². The number of hydrogen-bond donors (Lipinski definition) is 0. The zero-order valence-electron chi connectivity index (χ0n) is 16.0. The van der Waals surface area contributed by atoms with Crippen LogP contribution in [0.2, 0.25) is 5.02 Å². The minimum Gasteiger partial charge on any atom is -0.495 e. The highest BCUT2D eigenvalue weighted by atomic mass is 79.9. The summed E-state index contributed by atoms with van der Waals surface area (Å²) < 4.78 is 11.4. The number of nitrogens with zero attached hydrogens (tertiary/aromatic N) is 2. The second kappa shape index (κ2) is 9.97. The van der Waals surface area contributed by atoms with Crippen LogP contribution in [0.4, 0.5) is 0 Å². The molecule has 1 amide bonds. The molecular weight excluding hydrogens is 432 g/mol. The van der Waals surface area contributed by atoms with Gasteiger partial charge in [-0.1, -0.05) is 23.7 Å². The molecule has 0 N–H and O–H groups in total. The average molecular weight is 456 g/mol. The van der Waals surface area contributed by atoms with Gasteiger partial charge in [-0.25, -0.2) is 0 Å². The second-order valence-electron chi connectivity index (χ2n) is 6.35. The number of ether oxygens (including phenoxy) is 2. The quantitative estimate of drug-likeness (QED) is 0.594. The number of benzene rings is 2. The van der Waals surface area contributed by atoms with E-state index in [-0.39, 0.29) is 5.91 Å². The minimum absolute atomic E-state index is 0.0964. The molecule has 0 saturated carbocycles. The van der Waals surface area contributed by atoms with Crippen molar-refractivity contribution >= 4 is 33.4 Å². The number of methoxy groups -OCH3 is 2. The Balaban J connectivity index is 2.35. The molecule has 0 aliphatic carbocycles. The second-order valence-corrected chi connectivity index (χ2v) is 7.58. The number of hydrogen-bond acceptors (Lipinski definition) is 4. The van der Waals surface area contributed by atoms with Gasteiger partial charge in [0.1, 0.15) is 16.0 Å². The fourth-order valence-electron chi connectivity index (χ4n) is 2.60. The summed E-state index contributed by atoms with van der Waals surface area (Å²) in [6, 6.07) is 11.0. The van der Waals surface area contributed by atoms with E-state index >= 15 is 0 Å². The molecule has 0 aromatic heterocycles. The molecule has 0 aliphatic rings. The van der Waals surface area contributed by atoms with E-state index < -0.39 is 0 Å². The Kier molecular flexibility index (Phi) is 7.95. The third-order valence-electron chi connectivity index (χ3n) is 4.06. The summed E-state index contributed by atoms with van der Waals surface area (Å²) in [7, 11) is 7.08. The predicted molar refractivity (Wildman–Crippen MR) is 112 cm³/mol. The van der Waals surface area contributed by atoms with Gasteiger partial charge in [0.15, 0.2) is 0 Å². The SMILES string of the molecule is COc1cc(C(=O)N(CCN(C)C)Cc2cccc(Cl)c2)cc(OC)c1Br. The first-order valence-electron chi connectivity index (χ1n) is 8.45. The maximum Gasteiger partial charge on any atom is 0.254 e. The molecule has 0 spiro atoms. The van der Waals surface area contributed by atoms with Crippen molar-refractivity contribution < 1.29 is 14.3 Å². The molecule has 2 aromatic rings. The van der Waals surface area contributed by atoms with Gasteiger partial charge in [-0.15, -0.1) is 0 Å². The van der Waals surface area contributed by atoms with Crippen molar-refractivity contribution in [2.45, 2.75) is 6.54 Å². The number of carbonyl (C=O) groups excluding carboxylic acids is 1. The summed E-state index contributed by atoms with van der Waals surface area (Å²) >= 11 is 9.54. The summed E-state index contributed by atoms with van der Waals surface area (Å²) in [5.74, 6) is 1.00. The van der Waals surface area contributed by atoms with Gasteiger partial charge >= 0.3 is 0 Å². The van der Waals surface area contributed by atoms with Gasteiger partial charge < -0.3 is 19.3 Å². The summed E-state index contributed by atoms with van der Waals surface area (Å²) in [5, 5.41) is 0.652. The number of halogens is 2. The van der Waals surface area contributed by atoms with Crippen molar-refractivity contribution in [3.8, 4) is 11.5 Å². The van der Waals surface area contributed by atoms with E-state index in [1.54, 1.807) is 31.3 Å². The molecule has 0 atom stereocenters. The zero-order valence-corrected chi connectivity index (χ0v) is 18.3. The lowest BCUT2D eigenvalue weighted by Crippen LogP contribution is -2.36. The van der Waals surface area contributed by atoms with Crippen LogP contribution in [0, 0.1) is 0 Å². The molecular formula is C20H24BrClN2O3. The van der Waals surface area contributed by atoms with Gasteiger partial charge in [0.2, 0.25) is 0 Å². The molecule has 27 heavy (non-hydrogen) atoms. The molecule has 2 rings (SSSR count). The summed E-state index contributed by atoms with van der Waals surface area (Å²) in [6.07, 6.45) is 0. The predicted octanol–water partition coefficient (Wildman–Crippen LogP) is 4.32. The van der Waals surface area contributed by atoms with E-state index in [1.807, 2.05) is 43.3 Å². The monoisotopic (exact) mass is 454 g/mol. The molecule has 146 valence electrons. The van der Waals surface area contributed by atoms with Crippen LogP contribution in [0.5, 0.6) is 11.5 Å². The van der Waals surface area contributed by atoms with E-state index in [0.717, 1.165) is 12.1 Å². The topological polar surface area (TPSA) is 42.0 Å². The van der Waals surface area contributed by atoms with Crippen molar-refractivity contribution in [3.63, 3.8) is 0 Å². The van der Waals surface area contributed by atoms with E-state index in [1.165, 1.54) is 0 Å². The van der Waals surface area contributed by atoms with Crippen LogP contribution in [-0.2, 0) is 6.54 Å². The van der Waals surface area contributed by atoms with E-state index in [4.69, 9.17) is 21.1 Å². The molecule has 7 heteroatoms. The first kappa shape index (κ1) is 21.5. The Hall–Kier alpha value is -1.76. The Morgan fingerprint density at radius 2 is 1.70 bits per heavy atom. The average Bonchev–Trinajstić information content (AvgIpc) is 2.64. The van der Waals surface area contributed by atoms with Gasteiger partial charge in [-0.05, 0) is 59.9 Å².